The SMILES string of the molecule is C[C@@H](N)Cc1cc[c]([Os])cc1. The van der Waals surface area contributed by atoms with Crippen molar-refractivity contribution in [2.75, 3.05) is 0 Å². The fourth-order valence-corrected chi connectivity index (χ4v) is 1.41. The average molecular weight is 324 g/mol. The second-order valence-corrected chi connectivity index (χ2v) is 4.26. The van der Waals surface area contributed by atoms with Crippen molar-refractivity contribution in [1.82, 2.24) is 0 Å². The molecule has 2 heteroatoms. The molecule has 0 radical (unpaired) electrons. The molecule has 1 aromatic rings. The summed E-state index contributed by atoms with van der Waals surface area (Å²) < 4.78 is 1.33. The van der Waals surface area contributed by atoms with E-state index < -0.39 is 0 Å². The first-order chi connectivity index (χ1) is 5.18. The fraction of sp³-hybridized carbons (Fsp3) is 0.333. The summed E-state index contributed by atoms with van der Waals surface area (Å²) in [5.74, 6) is 0. The third-order valence-corrected chi connectivity index (χ3v) is 2.31. The molecule has 1 aromatic carbocycles. The van der Waals surface area contributed by atoms with Crippen LogP contribution in [0.4, 0.5) is 0 Å². The predicted molar refractivity (Wildman–Crippen MR) is 43.4 cm³/mol. The molecule has 0 unspecified atom stereocenters. The quantitative estimate of drug-likeness (QED) is 0.854. The first-order valence-electron chi connectivity index (χ1n) is 3.67. The average Bonchev–Trinajstić information content (AvgIpc) is 1.93. The van der Waals surface area contributed by atoms with E-state index in [0.29, 0.717) is 0 Å². The van der Waals surface area contributed by atoms with Crippen molar-refractivity contribution in [3.05, 3.63) is 29.8 Å². The third kappa shape index (κ3) is 3.14. The van der Waals surface area contributed by atoms with Crippen molar-refractivity contribution in [3.8, 4) is 0 Å². The molecule has 0 aliphatic carbocycles. The van der Waals surface area contributed by atoms with E-state index in [4.69, 9.17) is 5.73 Å². The Morgan fingerprint density at radius 3 is 2.36 bits per heavy atom. The van der Waals surface area contributed by atoms with Gasteiger partial charge in [0.2, 0.25) is 0 Å². The summed E-state index contributed by atoms with van der Waals surface area (Å²) in [6, 6.07) is 8.82. The summed E-state index contributed by atoms with van der Waals surface area (Å²) in [5, 5.41) is 0. The maximum atomic E-state index is 5.66. The van der Waals surface area contributed by atoms with Crippen molar-refractivity contribution in [1.29, 1.82) is 0 Å². The van der Waals surface area contributed by atoms with Crippen LogP contribution in [0.25, 0.3) is 0 Å². The van der Waals surface area contributed by atoms with Gasteiger partial charge in [-0.15, -0.1) is 0 Å². The predicted octanol–water partition coefficient (Wildman–Crippen LogP) is 0.748. The molecule has 0 heterocycles. The van der Waals surface area contributed by atoms with Crippen LogP contribution >= 0.6 is 0 Å². The van der Waals surface area contributed by atoms with E-state index in [1.54, 1.807) is 0 Å². The molecule has 0 bridgehead atoms. The standard InChI is InChI=1S/C9H12N.Os/c1-8(10)7-9-5-3-2-4-6-9;/h3-6,8H,7,10H2,1H3;/t8-;/m1./s1. The van der Waals surface area contributed by atoms with E-state index in [1.165, 1.54) is 9.68 Å². The van der Waals surface area contributed by atoms with Crippen molar-refractivity contribution in [2.45, 2.75) is 19.4 Å². The second kappa shape index (κ2) is 4.00. The topological polar surface area (TPSA) is 26.0 Å². The summed E-state index contributed by atoms with van der Waals surface area (Å²) in [5.41, 5.74) is 6.99. The molecule has 0 aromatic heterocycles. The molecule has 61 valence electrons. The molecule has 0 fully saturated rings. The molecule has 0 saturated carbocycles. The van der Waals surface area contributed by atoms with Gasteiger partial charge in [-0.25, -0.2) is 0 Å². The Balaban J connectivity index is 2.66. The van der Waals surface area contributed by atoms with E-state index in [9.17, 15) is 0 Å². The van der Waals surface area contributed by atoms with Crippen molar-refractivity contribution < 1.29 is 18.6 Å². The molecule has 0 amide bonds. The maximum absolute atomic E-state index is 5.66. The summed E-state index contributed by atoms with van der Waals surface area (Å²) in [6.45, 7) is 2.03. The molecule has 0 spiro atoms. The number of rotatable bonds is 2. The molecular weight excluding hydrogens is 312 g/mol. The molecule has 0 aliphatic heterocycles. The van der Waals surface area contributed by atoms with Crippen LogP contribution in [-0.2, 0) is 25.0 Å². The zero-order chi connectivity index (χ0) is 8.27. The van der Waals surface area contributed by atoms with E-state index in [0.717, 1.165) is 6.42 Å². The van der Waals surface area contributed by atoms with Crippen LogP contribution in [-0.4, -0.2) is 6.04 Å². The molecular formula is C9H12NOs. The van der Waals surface area contributed by atoms with E-state index >= 15 is 0 Å². The van der Waals surface area contributed by atoms with E-state index in [-0.39, 0.29) is 6.04 Å². The van der Waals surface area contributed by atoms with Gasteiger partial charge in [0.15, 0.2) is 0 Å². The molecule has 2 N–H and O–H groups in total. The molecule has 11 heavy (non-hydrogen) atoms. The van der Waals surface area contributed by atoms with Gasteiger partial charge in [-0.2, -0.15) is 0 Å². The number of hydrogen-bond acceptors (Lipinski definition) is 1. The Hall–Kier alpha value is -0.184. The first kappa shape index (κ1) is 8.91. The fourth-order valence-electron chi connectivity index (χ4n) is 0.988. The van der Waals surface area contributed by atoms with E-state index in [1.807, 2.05) is 25.5 Å². The van der Waals surface area contributed by atoms with Crippen LogP contribution in [0.3, 0.4) is 0 Å². The Kier molecular flexibility index (Phi) is 3.24. The van der Waals surface area contributed by atoms with Crippen molar-refractivity contribution in [3.63, 3.8) is 0 Å². The number of nitrogens with two attached hydrogens (primary N) is 1. The zero-order valence-corrected chi connectivity index (χ0v) is 9.07. The van der Waals surface area contributed by atoms with Gasteiger partial charge in [-0.05, 0) is 0 Å². The van der Waals surface area contributed by atoms with Crippen LogP contribution in [0.5, 0.6) is 0 Å². The van der Waals surface area contributed by atoms with Gasteiger partial charge >= 0.3 is 77.7 Å². The van der Waals surface area contributed by atoms with Gasteiger partial charge in [-0.1, -0.05) is 0 Å². The van der Waals surface area contributed by atoms with Gasteiger partial charge in [0.25, 0.3) is 0 Å². The van der Waals surface area contributed by atoms with Gasteiger partial charge in [0, 0.05) is 0 Å². The van der Waals surface area contributed by atoms with Crippen LogP contribution in [0.2, 0.25) is 0 Å². The monoisotopic (exact) mass is 326 g/mol. The zero-order valence-electron chi connectivity index (χ0n) is 6.52. The summed E-state index contributed by atoms with van der Waals surface area (Å²) >= 11 is 1.90. The van der Waals surface area contributed by atoms with Crippen LogP contribution < -0.4 is 9.85 Å². The van der Waals surface area contributed by atoms with Crippen LogP contribution in [0.15, 0.2) is 24.3 Å². The number of hydrogen-bond donors (Lipinski definition) is 1. The van der Waals surface area contributed by atoms with Gasteiger partial charge < -0.3 is 0 Å². The first-order valence-corrected chi connectivity index (χ1v) is 4.94. The Morgan fingerprint density at radius 1 is 1.36 bits per heavy atom. The number of benzene rings is 1. The van der Waals surface area contributed by atoms with Gasteiger partial charge in [0.05, 0.1) is 0 Å². The van der Waals surface area contributed by atoms with Gasteiger partial charge in [-0.3, -0.25) is 0 Å². The Labute approximate surface area is 77.9 Å². The van der Waals surface area contributed by atoms with Crippen molar-refractivity contribution in [2.24, 2.45) is 5.73 Å². The summed E-state index contributed by atoms with van der Waals surface area (Å²) in [6.07, 6.45) is 0.976. The molecule has 0 aliphatic rings. The minimum atomic E-state index is 0.264. The summed E-state index contributed by atoms with van der Waals surface area (Å²) in [7, 11) is 0. The van der Waals surface area contributed by atoms with E-state index in [2.05, 4.69) is 24.3 Å². The van der Waals surface area contributed by atoms with Gasteiger partial charge in [0.1, 0.15) is 0 Å². The van der Waals surface area contributed by atoms with Crippen LogP contribution in [0.1, 0.15) is 12.5 Å². The minimum absolute atomic E-state index is 0.264. The molecule has 0 saturated heterocycles. The van der Waals surface area contributed by atoms with Crippen LogP contribution in [0, 0.1) is 0 Å². The molecule has 1 atom stereocenters. The third-order valence-electron chi connectivity index (χ3n) is 1.46. The normalized spacial score (nSPS) is 13.0. The Bertz CT molecular complexity index is 216. The Morgan fingerprint density at radius 2 is 1.91 bits per heavy atom. The molecule has 1 nitrogen and oxygen atoms in total. The second-order valence-electron chi connectivity index (χ2n) is 2.79. The van der Waals surface area contributed by atoms with Crippen molar-refractivity contribution >= 4 is 4.12 Å². The molecule has 1 rings (SSSR count). The summed E-state index contributed by atoms with van der Waals surface area (Å²) in [4.78, 5) is 0.